The van der Waals surface area contributed by atoms with Crippen LogP contribution in [0.15, 0.2) is 23.6 Å². The SMILES string of the molecule is CCOC(=O)Cc1csc(NC(=O)[C@H](Nc2ccc(C(F)(F)F)cc2Cl)C(C)C)n1. The summed E-state index contributed by atoms with van der Waals surface area (Å²) < 4.78 is 43.3. The molecule has 0 aliphatic carbocycles. The molecule has 11 heteroatoms. The van der Waals surface area contributed by atoms with Crippen LogP contribution in [0, 0.1) is 5.92 Å². The molecule has 30 heavy (non-hydrogen) atoms. The third kappa shape index (κ3) is 6.60. The van der Waals surface area contributed by atoms with Crippen molar-refractivity contribution in [2.45, 2.75) is 39.4 Å². The third-order valence-corrected chi connectivity index (χ3v) is 5.09. The second-order valence-electron chi connectivity index (χ2n) is 6.67. The maximum Gasteiger partial charge on any atom is 0.416 e. The van der Waals surface area contributed by atoms with Crippen LogP contribution in [0.3, 0.4) is 0 Å². The van der Waals surface area contributed by atoms with Crippen LogP contribution < -0.4 is 10.6 Å². The Morgan fingerprint density at radius 3 is 2.57 bits per heavy atom. The standard InChI is InChI=1S/C19H21ClF3N3O3S/c1-4-29-15(27)8-12-9-30-18(24-12)26-17(28)16(10(2)3)25-14-6-5-11(7-13(14)20)19(21,22)23/h5-7,9-10,16,25H,4,8H2,1-3H3,(H,24,26,28)/t16-/m1/s1. The van der Waals surface area contributed by atoms with E-state index in [1.807, 2.05) is 0 Å². The second-order valence-corrected chi connectivity index (χ2v) is 7.94. The highest BCUT2D eigenvalue weighted by molar-refractivity contribution is 7.13. The smallest absolute Gasteiger partial charge is 0.416 e. The molecule has 0 aliphatic rings. The molecule has 2 aromatic rings. The lowest BCUT2D eigenvalue weighted by molar-refractivity contribution is -0.142. The first-order valence-corrected chi connectivity index (χ1v) is 10.3. The Hall–Kier alpha value is -2.33. The van der Waals surface area contributed by atoms with Crippen LogP contribution in [0.1, 0.15) is 32.0 Å². The van der Waals surface area contributed by atoms with Crippen LogP contribution in [-0.4, -0.2) is 29.5 Å². The molecule has 0 bridgehead atoms. The number of nitrogens with zero attached hydrogens (tertiary/aromatic N) is 1. The number of anilines is 2. The summed E-state index contributed by atoms with van der Waals surface area (Å²) in [6, 6.07) is 2.11. The van der Waals surface area contributed by atoms with Gasteiger partial charge in [0.1, 0.15) is 6.04 Å². The molecule has 0 saturated carbocycles. The van der Waals surface area contributed by atoms with Gasteiger partial charge in [0.2, 0.25) is 5.91 Å². The number of rotatable bonds is 8. The van der Waals surface area contributed by atoms with Crippen molar-refractivity contribution < 1.29 is 27.5 Å². The molecule has 0 saturated heterocycles. The lowest BCUT2D eigenvalue weighted by atomic mass is 10.0. The largest absolute Gasteiger partial charge is 0.466 e. The van der Waals surface area contributed by atoms with Crippen molar-refractivity contribution in [1.82, 2.24) is 4.98 Å². The minimum Gasteiger partial charge on any atom is -0.466 e. The summed E-state index contributed by atoms with van der Waals surface area (Å²) in [5.41, 5.74) is -0.199. The Morgan fingerprint density at radius 1 is 1.30 bits per heavy atom. The van der Waals surface area contributed by atoms with E-state index < -0.39 is 29.7 Å². The molecule has 1 aromatic heterocycles. The topological polar surface area (TPSA) is 80.3 Å². The fourth-order valence-corrected chi connectivity index (χ4v) is 3.45. The summed E-state index contributed by atoms with van der Waals surface area (Å²) >= 11 is 7.13. The molecule has 2 N–H and O–H groups in total. The fourth-order valence-electron chi connectivity index (χ4n) is 2.50. The summed E-state index contributed by atoms with van der Waals surface area (Å²) in [5, 5.41) is 7.34. The number of nitrogens with one attached hydrogen (secondary N) is 2. The van der Waals surface area contributed by atoms with Crippen molar-refractivity contribution in [2.24, 2.45) is 5.92 Å². The van der Waals surface area contributed by atoms with Crippen molar-refractivity contribution in [3.05, 3.63) is 39.9 Å². The highest BCUT2D eigenvalue weighted by atomic mass is 35.5. The second kappa shape index (κ2) is 10.1. The van der Waals surface area contributed by atoms with E-state index in [9.17, 15) is 22.8 Å². The van der Waals surface area contributed by atoms with Gasteiger partial charge in [-0.15, -0.1) is 11.3 Å². The molecule has 0 radical (unpaired) electrons. The molecule has 2 rings (SSSR count). The van der Waals surface area contributed by atoms with Gasteiger partial charge in [-0.3, -0.25) is 9.59 Å². The lowest BCUT2D eigenvalue weighted by Crippen LogP contribution is -2.39. The van der Waals surface area contributed by atoms with Crippen molar-refractivity contribution in [3.63, 3.8) is 0 Å². The van der Waals surface area contributed by atoms with Gasteiger partial charge in [0.15, 0.2) is 5.13 Å². The Morgan fingerprint density at radius 2 is 2.00 bits per heavy atom. The van der Waals surface area contributed by atoms with Gasteiger partial charge < -0.3 is 15.4 Å². The van der Waals surface area contributed by atoms with Crippen LogP contribution in [-0.2, 0) is 26.9 Å². The molecular formula is C19H21ClF3N3O3S. The summed E-state index contributed by atoms with van der Waals surface area (Å²) in [5.74, 6) is -1.06. The predicted molar refractivity (Wildman–Crippen MR) is 110 cm³/mol. The van der Waals surface area contributed by atoms with Gasteiger partial charge in [0, 0.05) is 5.38 Å². The van der Waals surface area contributed by atoms with Crippen LogP contribution >= 0.6 is 22.9 Å². The Balaban J connectivity index is 2.09. The number of carbonyl (C=O) groups excluding carboxylic acids is 2. The molecule has 1 atom stereocenters. The molecule has 0 unspecified atom stereocenters. The monoisotopic (exact) mass is 463 g/mol. The van der Waals surface area contributed by atoms with Crippen molar-refractivity contribution >= 4 is 45.6 Å². The molecule has 1 aromatic carbocycles. The average Bonchev–Trinajstić information content (AvgIpc) is 3.06. The number of carbonyl (C=O) groups is 2. The van der Waals surface area contributed by atoms with E-state index in [-0.39, 0.29) is 29.7 Å². The van der Waals surface area contributed by atoms with Crippen LogP contribution in [0.25, 0.3) is 0 Å². The number of hydrogen-bond acceptors (Lipinski definition) is 6. The first kappa shape index (κ1) is 23.9. The summed E-state index contributed by atoms with van der Waals surface area (Å²) in [7, 11) is 0. The maximum atomic E-state index is 12.8. The number of hydrogen-bond donors (Lipinski definition) is 2. The molecule has 1 heterocycles. The quantitative estimate of drug-likeness (QED) is 0.539. The first-order chi connectivity index (χ1) is 14.0. The molecular weight excluding hydrogens is 443 g/mol. The summed E-state index contributed by atoms with van der Waals surface area (Å²) in [6.45, 7) is 5.53. The van der Waals surface area contributed by atoms with E-state index in [0.717, 1.165) is 23.5 Å². The highest BCUT2D eigenvalue weighted by Crippen LogP contribution is 2.34. The number of halogens is 4. The predicted octanol–water partition coefficient (Wildman–Crippen LogP) is 5.00. The third-order valence-electron chi connectivity index (χ3n) is 3.97. The Bertz CT molecular complexity index is 903. The number of benzene rings is 1. The van der Waals surface area contributed by atoms with Crippen molar-refractivity contribution in [2.75, 3.05) is 17.2 Å². The normalized spacial score (nSPS) is 12.5. The lowest BCUT2D eigenvalue weighted by Gasteiger charge is -2.23. The minimum atomic E-state index is -4.51. The van der Waals surface area contributed by atoms with E-state index in [1.165, 1.54) is 6.07 Å². The maximum absolute atomic E-state index is 12.8. The number of thiazole rings is 1. The van der Waals surface area contributed by atoms with Gasteiger partial charge in [-0.1, -0.05) is 25.4 Å². The molecule has 6 nitrogen and oxygen atoms in total. The van der Waals surface area contributed by atoms with Crippen molar-refractivity contribution in [3.8, 4) is 0 Å². The fraction of sp³-hybridized carbons (Fsp3) is 0.421. The number of aromatic nitrogens is 1. The average molecular weight is 464 g/mol. The van der Waals surface area contributed by atoms with Crippen molar-refractivity contribution in [1.29, 1.82) is 0 Å². The zero-order chi connectivity index (χ0) is 22.5. The van der Waals surface area contributed by atoms with E-state index in [0.29, 0.717) is 10.8 Å². The Labute approximate surface area is 180 Å². The summed E-state index contributed by atoms with van der Waals surface area (Å²) in [6.07, 6.45) is -4.52. The molecule has 164 valence electrons. The summed E-state index contributed by atoms with van der Waals surface area (Å²) in [4.78, 5) is 28.4. The van der Waals surface area contributed by atoms with Gasteiger partial charge in [-0.25, -0.2) is 4.98 Å². The molecule has 0 aliphatic heterocycles. The van der Waals surface area contributed by atoms with Crippen LogP contribution in [0.2, 0.25) is 5.02 Å². The Kier molecular flexibility index (Phi) is 8.08. The van der Waals surface area contributed by atoms with Gasteiger partial charge in [-0.2, -0.15) is 13.2 Å². The van der Waals surface area contributed by atoms with Crippen LogP contribution in [0.4, 0.5) is 24.0 Å². The van der Waals surface area contributed by atoms with Gasteiger partial charge in [-0.05, 0) is 31.0 Å². The molecule has 1 amide bonds. The van der Waals surface area contributed by atoms with E-state index in [4.69, 9.17) is 16.3 Å². The van der Waals surface area contributed by atoms with E-state index in [1.54, 1.807) is 26.2 Å². The zero-order valence-corrected chi connectivity index (χ0v) is 18.0. The van der Waals surface area contributed by atoms with Gasteiger partial charge in [0.05, 0.1) is 35.0 Å². The highest BCUT2D eigenvalue weighted by Gasteiger charge is 2.31. The van der Waals surface area contributed by atoms with E-state index >= 15 is 0 Å². The first-order valence-electron chi connectivity index (χ1n) is 9.05. The molecule has 0 spiro atoms. The number of esters is 1. The zero-order valence-electron chi connectivity index (χ0n) is 16.5. The van der Waals surface area contributed by atoms with Gasteiger partial charge in [0.25, 0.3) is 0 Å². The minimum absolute atomic E-state index is 0.00671. The molecule has 0 fully saturated rings. The number of amides is 1. The van der Waals surface area contributed by atoms with E-state index in [2.05, 4.69) is 15.6 Å². The van der Waals surface area contributed by atoms with Gasteiger partial charge >= 0.3 is 12.1 Å². The van der Waals surface area contributed by atoms with Crippen LogP contribution in [0.5, 0.6) is 0 Å². The number of alkyl halides is 3. The number of ether oxygens (including phenoxy) is 1.